The average molecular weight is 258 g/mol. The Morgan fingerprint density at radius 2 is 1.84 bits per heavy atom. The third-order valence-electron chi connectivity index (χ3n) is 5.05. The lowest BCUT2D eigenvalue weighted by atomic mass is 9.85. The number of hydrogen-bond acceptors (Lipinski definition) is 2. The van der Waals surface area contributed by atoms with E-state index in [1.807, 2.05) is 0 Å². The van der Waals surface area contributed by atoms with Crippen LogP contribution in [0.15, 0.2) is 24.3 Å². The molecule has 1 aromatic rings. The molecule has 1 saturated heterocycles. The molecule has 1 aliphatic heterocycles. The molecular formula is C17H26N2. The highest BCUT2D eigenvalue weighted by Gasteiger charge is 2.34. The van der Waals surface area contributed by atoms with Crippen LogP contribution in [0, 0.1) is 5.41 Å². The van der Waals surface area contributed by atoms with E-state index in [-0.39, 0.29) is 6.04 Å². The van der Waals surface area contributed by atoms with Gasteiger partial charge in [-0.3, -0.25) is 4.90 Å². The molecule has 1 heterocycles. The molecule has 2 aliphatic rings. The fraction of sp³-hybridized carbons (Fsp3) is 0.647. The first kappa shape index (κ1) is 13.1. The highest BCUT2D eigenvalue weighted by atomic mass is 15.2. The second kappa shape index (κ2) is 4.92. The molecule has 2 atom stereocenters. The quantitative estimate of drug-likeness (QED) is 0.833. The standard InChI is InChI=1S/C17H26N2/c1-17(2)8-5-10-19(11-9-17)16-12-15(18)13-6-3-4-7-14(13)16/h3-4,6-7,15-16H,5,8-12,18H2,1-2H3. The van der Waals surface area contributed by atoms with E-state index in [4.69, 9.17) is 5.73 Å². The summed E-state index contributed by atoms with van der Waals surface area (Å²) in [6.07, 6.45) is 5.07. The van der Waals surface area contributed by atoms with Crippen molar-refractivity contribution in [3.63, 3.8) is 0 Å². The molecule has 2 unspecified atom stereocenters. The smallest absolute Gasteiger partial charge is 0.0369 e. The third kappa shape index (κ3) is 2.56. The van der Waals surface area contributed by atoms with Gasteiger partial charge in [-0.2, -0.15) is 0 Å². The Balaban J connectivity index is 1.80. The summed E-state index contributed by atoms with van der Waals surface area (Å²) in [4.78, 5) is 2.68. The predicted molar refractivity (Wildman–Crippen MR) is 79.9 cm³/mol. The lowest BCUT2D eigenvalue weighted by Gasteiger charge is -2.29. The summed E-state index contributed by atoms with van der Waals surface area (Å²) in [5.41, 5.74) is 9.67. The predicted octanol–water partition coefficient (Wildman–Crippen LogP) is 3.64. The molecule has 2 nitrogen and oxygen atoms in total. The highest BCUT2D eigenvalue weighted by molar-refractivity contribution is 5.37. The van der Waals surface area contributed by atoms with Crippen molar-refractivity contribution in [2.45, 2.75) is 51.6 Å². The fourth-order valence-electron chi connectivity index (χ4n) is 3.75. The first-order chi connectivity index (χ1) is 9.07. The highest BCUT2D eigenvalue weighted by Crippen LogP contribution is 2.42. The van der Waals surface area contributed by atoms with Crippen molar-refractivity contribution in [3.05, 3.63) is 35.4 Å². The molecule has 0 amide bonds. The van der Waals surface area contributed by atoms with Crippen LogP contribution in [0.4, 0.5) is 0 Å². The number of rotatable bonds is 1. The first-order valence-corrected chi connectivity index (χ1v) is 7.65. The van der Waals surface area contributed by atoms with Crippen LogP contribution < -0.4 is 5.73 Å². The van der Waals surface area contributed by atoms with E-state index in [0.717, 1.165) is 6.42 Å². The minimum Gasteiger partial charge on any atom is -0.324 e. The number of fused-ring (bicyclic) bond motifs is 1. The van der Waals surface area contributed by atoms with Gasteiger partial charge in [0, 0.05) is 12.1 Å². The summed E-state index contributed by atoms with van der Waals surface area (Å²) >= 11 is 0. The van der Waals surface area contributed by atoms with Gasteiger partial charge in [-0.15, -0.1) is 0 Å². The van der Waals surface area contributed by atoms with E-state index in [1.54, 1.807) is 0 Å². The van der Waals surface area contributed by atoms with E-state index in [1.165, 1.54) is 43.5 Å². The van der Waals surface area contributed by atoms with Gasteiger partial charge < -0.3 is 5.73 Å². The largest absolute Gasteiger partial charge is 0.324 e. The molecule has 19 heavy (non-hydrogen) atoms. The van der Waals surface area contributed by atoms with Gasteiger partial charge in [0.15, 0.2) is 0 Å². The number of hydrogen-bond donors (Lipinski definition) is 1. The Morgan fingerprint density at radius 1 is 1.11 bits per heavy atom. The van der Waals surface area contributed by atoms with Gasteiger partial charge in [-0.05, 0) is 55.3 Å². The van der Waals surface area contributed by atoms with Gasteiger partial charge in [0.25, 0.3) is 0 Å². The van der Waals surface area contributed by atoms with Crippen molar-refractivity contribution in [2.24, 2.45) is 11.1 Å². The summed E-state index contributed by atoms with van der Waals surface area (Å²) in [5, 5.41) is 0. The van der Waals surface area contributed by atoms with Crippen molar-refractivity contribution >= 4 is 0 Å². The van der Waals surface area contributed by atoms with Crippen LogP contribution in [0.5, 0.6) is 0 Å². The minimum absolute atomic E-state index is 0.234. The fourth-order valence-corrected chi connectivity index (χ4v) is 3.75. The zero-order valence-electron chi connectivity index (χ0n) is 12.2. The topological polar surface area (TPSA) is 29.3 Å². The molecule has 1 fully saturated rings. The number of nitrogens with two attached hydrogens (primary N) is 1. The zero-order chi connectivity index (χ0) is 13.5. The summed E-state index contributed by atoms with van der Waals surface area (Å²) in [6, 6.07) is 9.56. The molecule has 3 rings (SSSR count). The molecule has 0 saturated carbocycles. The van der Waals surface area contributed by atoms with Crippen molar-refractivity contribution < 1.29 is 0 Å². The number of likely N-dealkylation sites (tertiary alicyclic amines) is 1. The Bertz CT molecular complexity index is 452. The Kier molecular flexibility index (Phi) is 3.40. The van der Waals surface area contributed by atoms with E-state index >= 15 is 0 Å². The van der Waals surface area contributed by atoms with E-state index in [2.05, 4.69) is 43.0 Å². The molecule has 2 heteroatoms. The van der Waals surface area contributed by atoms with Gasteiger partial charge in [0.05, 0.1) is 0 Å². The molecule has 104 valence electrons. The maximum atomic E-state index is 6.31. The minimum atomic E-state index is 0.234. The zero-order valence-corrected chi connectivity index (χ0v) is 12.2. The summed E-state index contributed by atoms with van der Waals surface area (Å²) in [7, 11) is 0. The van der Waals surface area contributed by atoms with Crippen LogP contribution in [-0.4, -0.2) is 18.0 Å². The summed E-state index contributed by atoms with van der Waals surface area (Å²) in [6.45, 7) is 7.27. The average Bonchev–Trinajstić information content (AvgIpc) is 2.60. The van der Waals surface area contributed by atoms with Crippen molar-refractivity contribution in [3.8, 4) is 0 Å². The van der Waals surface area contributed by atoms with Gasteiger partial charge >= 0.3 is 0 Å². The molecule has 0 spiro atoms. The van der Waals surface area contributed by atoms with Crippen LogP contribution in [0.25, 0.3) is 0 Å². The molecule has 0 bridgehead atoms. The molecule has 2 N–H and O–H groups in total. The van der Waals surface area contributed by atoms with Gasteiger partial charge in [0.1, 0.15) is 0 Å². The molecular weight excluding hydrogens is 232 g/mol. The monoisotopic (exact) mass is 258 g/mol. The molecule has 0 aromatic heterocycles. The lowest BCUT2D eigenvalue weighted by Crippen LogP contribution is -2.29. The molecule has 1 aliphatic carbocycles. The van der Waals surface area contributed by atoms with E-state index < -0.39 is 0 Å². The first-order valence-electron chi connectivity index (χ1n) is 7.65. The van der Waals surface area contributed by atoms with Crippen molar-refractivity contribution in [2.75, 3.05) is 13.1 Å². The third-order valence-corrected chi connectivity index (χ3v) is 5.05. The molecule has 1 aromatic carbocycles. The SMILES string of the molecule is CC1(C)CCCN(C2CC(N)c3ccccc32)CC1. The van der Waals surface area contributed by atoms with E-state index in [0.29, 0.717) is 11.5 Å². The number of nitrogens with zero attached hydrogens (tertiary/aromatic N) is 1. The van der Waals surface area contributed by atoms with Crippen LogP contribution in [0.3, 0.4) is 0 Å². The van der Waals surface area contributed by atoms with Crippen LogP contribution >= 0.6 is 0 Å². The number of benzene rings is 1. The van der Waals surface area contributed by atoms with Crippen LogP contribution in [0.1, 0.15) is 62.7 Å². The van der Waals surface area contributed by atoms with Crippen molar-refractivity contribution in [1.29, 1.82) is 0 Å². The van der Waals surface area contributed by atoms with Gasteiger partial charge in [-0.1, -0.05) is 38.1 Å². The summed E-state index contributed by atoms with van der Waals surface area (Å²) < 4.78 is 0. The van der Waals surface area contributed by atoms with Crippen molar-refractivity contribution in [1.82, 2.24) is 4.90 Å². The van der Waals surface area contributed by atoms with Crippen LogP contribution in [0.2, 0.25) is 0 Å². The molecule has 0 radical (unpaired) electrons. The van der Waals surface area contributed by atoms with E-state index in [9.17, 15) is 0 Å². The van der Waals surface area contributed by atoms with Gasteiger partial charge in [0.2, 0.25) is 0 Å². The maximum absolute atomic E-state index is 6.31. The second-order valence-corrected chi connectivity index (χ2v) is 7.04. The van der Waals surface area contributed by atoms with Gasteiger partial charge in [-0.25, -0.2) is 0 Å². The van der Waals surface area contributed by atoms with Crippen LogP contribution in [-0.2, 0) is 0 Å². The Labute approximate surface area is 117 Å². The Morgan fingerprint density at radius 3 is 2.63 bits per heavy atom. The lowest BCUT2D eigenvalue weighted by molar-refractivity contribution is 0.190. The summed E-state index contributed by atoms with van der Waals surface area (Å²) in [5.74, 6) is 0. The second-order valence-electron chi connectivity index (χ2n) is 7.04. The normalized spacial score (nSPS) is 30.9. The maximum Gasteiger partial charge on any atom is 0.0369 e. The Hall–Kier alpha value is -0.860.